The summed E-state index contributed by atoms with van der Waals surface area (Å²) in [5, 5.41) is 11.7. The third-order valence-electron chi connectivity index (χ3n) is 5.66. The van der Waals surface area contributed by atoms with E-state index in [0.717, 1.165) is 22.2 Å². The molecule has 1 aliphatic rings. The highest BCUT2D eigenvalue weighted by molar-refractivity contribution is 5.88. The minimum Gasteiger partial charge on any atom is -0.465 e. The number of likely N-dealkylation sites (N-methyl/N-ethyl adjacent to an activating group) is 1. The number of aromatic amines is 1. The van der Waals surface area contributed by atoms with Gasteiger partial charge < -0.3 is 9.64 Å². The molecule has 31 heavy (non-hydrogen) atoms. The predicted octanol–water partition coefficient (Wildman–Crippen LogP) is 2.63. The lowest BCUT2D eigenvalue weighted by Gasteiger charge is -2.31. The lowest BCUT2D eigenvalue weighted by molar-refractivity contribution is -0.145. The van der Waals surface area contributed by atoms with Gasteiger partial charge in [0.05, 0.1) is 24.9 Å². The number of nitrogens with zero attached hydrogens (tertiary/aromatic N) is 4. The number of hydrogen-bond acceptors (Lipinski definition) is 6. The van der Waals surface area contributed by atoms with E-state index in [0.29, 0.717) is 19.7 Å². The van der Waals surface area contributed by atoms with E-state index in [2.05, 4.69) is 22.3 Å². The van der Waals surface area contributed by atoms with E-state index in [9.17, 15) is 9.59 Å². The van der Waals surface area contributed by atoms with E-state index >= 15 is 0 Å². The number of esters is 1. The molecule has 2 aromatic carbocycles. The topological polar surface area (TPSA) is 81.8 Å². The van der Waals surface area contributed by atoms with E-state index in [-0.39, 0.29) is 25.0 Å². The summed E-state index contributed by atoms with van der Waals surface area (Å²) >= 11 is 0. The van der Waals surface area contributed by atoms with Crippen molar-refractivity contribution in [2.75, 3.05) is 31.6 Å². The van der Waals surface area contributed by atoms with Crippen molar-refractivity contribution in [1.29, 1.82) is 0 Å². The zero-order valence-corrected chi connectivity index (χ0v) is 18.1. The summed E-state index contributed by atoms with van der Waals surface area (Å²) < 4.78 is 5.15. The fourth-order valence-corrected chi connectivity index (χ4v) is 3.97. The van der Waals surface area contributed by atoms with Gasteiger partial charge in [0.15, 0.2) is 0 Å². The first-order valence-corrected chi connectivity index (χ1v) is 10.4. The van der Waals surface area contributed by atoms with Crippen LogP contribution in [0.5, 0.6) is 0 Å². The van der Waals surface area contributed by atoms with Gasteiger partial charge in [-0.05, 0) is 42.7 Å². The SMILES string of the molecule is CCOC(=O)CN(CC(=O)N(C)N1Cc2ccccc2C1)c1cc2[nH]ncc2cc1C. The molecule has 0 radical (unpaired) electrons. The molecule has 0 atom stereocenters. The second kappa shape index (κ2) is 8.77. The van der Waals surface area contributed by atoms with Gasteiger partial charge in [0.25, 0.3) is 5.91 Å². The number of aromatic nitrogens is 2. The zero-order valence-electron chi connectivity index (χ0n) is 18.1. The zero-order chi connectivity index (χ0) is 22.0. The molecule has 0 saturated carbocycles. The molecule has 0 unspecified atom stereocenters. The molecular formula is C23H27N5O3. The van der Waals surface area contributed by atoms with Gasteiger partial charge in [0.1, 0.15) is 6.54 Å². The number of hydrogen-bond donors (Lipinski definition) is 1. The number of H-pyrrole nitrogens is 1. The molecule has 1 aliphatic heterocycles. The van der Waals surface area contributed by atoms with Crippen LogP contribution in [-0.2, 0) is 27.4 Å². The van der Waals surface area contributed by atoms with Crippen molar-refractivity contribution in [3.63, 3.8) is 0 Å². The van der Waals surface area contributed by atoms with E-state index in [1.54, 1.807) is 30.1 Å². The van der Waals surface area contributed by atoms with E-state index in [1.165, 1.54) is 11.1 Å². The summed E-state index contributed by atoms with van der Waals surface area (Å²) in [5.41, 5.74) is 5.07. The average molecular weight is 422 g/mol. The van der Waals surface area contributed by atoms with Crippen LogP contribution in [0, 0.1) is 6.92 Å². The van der Waals surface area contributed by atoms with Gasteiger partial charge in [-0.2, -0.15) is 5.10 Å². The molecule has 0 spiro atoms. The third-order valence-corrected chi connectivity index (χ3v) is 5.66. The molecule has 3 aromatic rings. The van der Waals surface area contributed by atoms with Crippen LogP contribution in [0.15, 0.2) is 42.6 Å². The number of fused-ring (bicyclic) bond motifs is 2. The smallest absolute Gasteiger partial charge is 0.325 e. The Balaban J connectivity index is 1.54. The van der Waals surface area contributed by atoms with Crippen LogP contribution in [0.4, 0.5) is 5.69 Å². The summed E-state index contributed by atoms with van der Waals surface area (Å²) in [4.78, 5) is 27.3. The maximum Gasteiger partial charge on any atom is 0.325 e. The number of nitrogens with one attached hydrogen (secondary N) is 1. The Labute approximate surface area is 181 Å². The lowest BCUT2D eigenvalue weighted by atomic mass is 10.1. The Morgan fingerprint density at radius 3 is 2.55 bits per heavy atom. The molecule has 8 nitrogen and oxygen atoms in total. The molecule has 0 fully saturated rings. The van der Waals surface area contributed by atoms with Crippen LogP contribution in [0.2, 0.25) is 0 Å². The Hall–Kier alpha value is -3.39. The number of ether oxygens (including phenoxy) is 1. The second-order valence-electron chi connectivity index (χ2n) is 7.77. The van der Waals surface area contributed by atoms with Gasteiger partial charge in [-0.3, -0.25) is 19.7 Å². The normalized spacial score (nSPS) is 13.3. The molecule has 162 valence electrons. The standard InChI is InChI=1S/C23H27N5O3/c1-4-31-23(30)15-27(21-10-20-19(9-16(21)2)11-24-25-20)14-22(29)26(3)28-12-17-7-5-6-8-18(17)13-28/h5-11H,4,12-15H2,1-3H3,(H,24,25). The summed E-state index contributed by atoms with van der Waals surface area (Å²) in [7, 11) is 1.78. The number of carbonyl (C=O) groups excluding carboxylic acids is 2. The molecule has 0 aliphatic carbocycles. The minimum atomic E-state index is -0.365. The Bertz CT molecular complexity index is 1080. The number of anilines is 1. The summed E-state index contributed by atoms with van der Waals surface area (Å²) in [6.07, 6.45) is 1.76. The number of amides is 1. The number of rotatable bonds is 7. The highest BCUT2D eigenvalue weighted by atomic mass is 16.5. The average Bonchev–Trinajstić information content (AvgIpc) is 3.38. The number of hydrazine groups is 1. The van der Waals surface area contributed by atoms with Crippen molar-refractivity contribution in [2.24, 2.45) is 0 Å². The lowest BCUT2D eigenvalue weighted by Crippen LogP contribution is -2.47. The summed E-state index contributed by atoms with van der Waals surface area (Å²) in [6, 6.07) is 12.1. The van der Waals surface area contributed by atoms with Crippen molar-refractivity contribution in [1.82, 2.24) is 20.2 Å². The molecule has 0 saturated heterocycles. The number of carbonyl (C=O) groups is 2. The van der Waals surface area contributed by atoms with Crippen molar-refractivity contribution in [3.05, 3.63) is 59.3 Å². The predicted molar refractivity (Wildman–Crippen MR) is 118 cm³/mol. The van der Waals surface area contributed by atoms with E-state index in [1.807, 2.05) is 36.2 Å². The van der Waals surface area contributed by atoms with E-state index < -0.39 is 0 Å². The van der Waals surface area contributed by atoms with E-state index in [4.69, 9.17) is 4.74 Å². The van der Waals surface area contributed by atoms with Crippen LogP contribution in [-0.4, -0.2) is 58.8 Å². The molecule has 1 N–H and O–H groups in total. The Morgan fingerprint density at radius 2 is 1.87 bits per heavy atom. The van der Waals surface area contributed by atoms with Crippen molar-refractivity contribution >= 4 is 28.5 Å². The first-order chi connectivity index (χ1) is 15.0. The molecule has 1 aromatic heterocycles. The maximum atomic E-state index is 13.2. The number of benzene rings is 2. The monoisotopic (exact) mass is 421 g/mol. The Kier molecular flexibility index (Phi) is 5.90. The highest BCUT2D eigenvalue weighted by Gasteiger charge is 2.27. The van der Waals surface area contributed by atoms with Gasteiger partial charge in [-0.15, -0.1) is 0 Å². The summed E-state index contributed by atoms with van der Waals surface area (Å²) in [5.74, 6) is -0.461. The van der Waals surface area contributed by atoms with Crippen molar-refractivity contribution in [3.8, 4) is 0 Å². The van der Waals surface area contributed by atoms with Crippen LogP contribution in [0.3, 0.4) is 0 Å². The van der Waals surface area contributed by atoms with Crippen molar-refractivity contribution < 1.29 is 14.3 Å². The third kappa shape index (κ3) is 4.39. The maximum absolute atomic E-state index is 13.2. The minimum absolute atomic E-state index is 0.00582. The first kappa shape index (κ1) is 20.9. The van der Waals surface area contributed by atoms with Crippen LogP contribution < -0.4 is 4.90 Å². The highest BCUT2D eigenvalue weighted by Crippen LogP contribution is 2.27. The molecule has 8 heteroatoms. The molecular weight excluding hydrogens is 394 g/mol. The van der Waals surface area contributed by atoms with Crippen molar-refractivity contribution in [2.45, 2.75) is 26.9 Å². The van der Waals surface area contributed by atoms with Gasteiger partial charge in [-0.25, -0.2) is 5.01 Å². The second-order valence-corrected chi connectivity index (χ2v) is 7.77. The molecule has 0 bridgehead atoms. The van der Waals surface area contributed by atoms with Gasteiger partial charge in [0.2, 0.25) is 0 Å². The fourth-order valence-electron chi connectivity index (χ4n) is 3.97. The van der Waals surface area contributed by atoms with Crippen LogP contribution in [0.1, 0.15) is 23.6 Å². The number of aryl methyl sites for hydroxylation is 1. The quantitative estimate of drug-likeness (QED) is 0.591. The van der Waals surface area contributed by atoms with Crippen LogP contribution in [0.25, 0.3) is 10.9 Å². The van der Waals surface area contributed by atoms with Gasteiger partial charge in [0, 0.05) is 31.2 Å². The first-order valence-electron chi connectivity index (χ1n) is 10.4. The largest absolute Gasteiger partial charge is 0.465 e. The summed E-state index contributed by atoms with van der Waals surface area (Å²) in [6.45, 7) is 5.46. The Morgan fingerprint density at radius 1 is 1.16 bits per heavy atom. The van der Waals surface area contributed by atoms with Gasteiger partial charge in [-0.1, -0.05) is 24.3 Å². The molecule has 2 heterocycles. The molecule has 1 amide bonds. The molecule has 4 rings (SSSR count). The van der Waals surface area contributed by atoms with Gasteiger partial charge >= 0.3 is 5.97 Å². The fraction of sp³-hybridized carbons (Fsp3) is 0.348. The van der Waals surface area contributed by atoms with Crippen LogP contribution >= 0.6 is 0 Å².